The lowest BCUT2D eigenvalue weighted by Gasteiger charge is -2.21. The molecule has 0 aliphatic carbocycles. The zero-order chi connectivity index (χ0) is 14.4. The van der Waals surface area contributed by atoms with Crippen LogP contribution in [0.15, 0.2) is 24.3 Å². The summed E-state index contributed by atoms with van der Waals surface area (Å²) in [7, 11) is 0. The maximum absolute atomic E-state index is 11.9. The predicted molar refractivity (Wildman–Crippen MR) is 75.7 cm³/mol. The highest BCUT2D eigenvalue weighted by Crippen LogP contribution is 2.10. The number of carboxylic acids is 1. The van der Waals surface area contributed by atoms with Crippen LogP contribution in [-0.2, 0) is 11.2 Å². The molecule has 0 radical (unpaired) electrons. The molecule has 3 N–H and O–H groups in total. The van der Waals surface area contributed by atoms with Gasteiger partial charge in [-0.15, -0.1) is 0 Å². The van der Waals surface area contributed by atoms with Gasteiger partial charge in [0.05, 0.1) is 11.5 Å². The molecule has 1 heterocycles. The van der Waals surface area contributed by atoms with Gasteiger partial charge in [0, 0.05) is 13.1 Å². The third-order valence-corrected chi connectivity index (χ3v) is 3.55. The standard InChI is InChI=1S/C15H20N2O3/c18-14(13-5-2-7-16-10-13)17-8-6-11-3-1-4-12(9-11)15(19)20/h1,3-4,9,13,16H,2,5-8,10H2,(H,17,18)(H,19,20)/t13-/m1/s1. The zero-order valence-electron chi connectivity index (χ0n) is 11.4. The monoisotopic (exact) mass is 276 g/mol. The lowest BCUT2D eigenvalue weighted by molar-refractivity contribution is -0.125. The molecule has 1 atom stereocenters. The molecule has 5 nitrogen and oxygen atoms in total. The molecule has 5 heteroatoms. The Kier molecular flexibility index (Phi) is 5.12. The lowest BCUT2D eigenvalue weighted by Crippen LogP contribution is -2.41. The van der Waals surface area contributed by atoms with Crippen LogP contribution in [0.5, 0.6) is 0 Å². The van der Waals surface area contributed by atoms with Crippen LogP contribution in [0.3, 0.4) is 0 Å². The minimum absolute atomic E-state index is 0.0640. The zero-order valence-corrected chi connectivity index (χ0v) is 11.4. The first-order valence-corrected chi connectivity index (χ1v) is 6.97. The Labute approximate surface area is 118 Å². The fourth-order valence-corrected chi connectivity index (χ4v) is 2.41. The highest BCUT2D eigenvalue weighted by molar-refractivity contribution is 5.87. The molecule has 1 saturated heterocycles. The number of amides is 1. The number of carbonyl (C=O) groups is 2. The first-order chi connectivity index (χ1) is 9.66. The van der Waals surface area contributed by atoms with Crippen molar-refractivity contribution in [1.82, 2.24) is 10.6 Å². The van der Waals surface area contributed by atoms with Crippen molar-refractivity contribution in [2.24, 2.45) is 5.92 Å². The summed E-state index contributed by atoms with van der Waals surface area (Å²) in [5, 5.41) is 15.1. The number of carbonyl (C=O) groups excluding carboxylic acids is 1. The van der Waals surface area contributed by atoms with E-state index in [2.05, 4.69) is 10.6 Å². The van der Waals surface area contributed by atoms with Crippen molar-refractivity contribution in [3.8, 4) is 0 Å². The summed E-state index contributed by atoms with van der Waals surface area (Å²) in [5.41, 5.74) is 1.21. The third-order valence-electron chi connectivity index (χ3n) is 3.55. The quantitative estimate of drug-likeness (QED) is 0.751. The summed E-state index contributed by atoms with van der Waals surface area (Å²) in [5.74, 6) is -0.773. The second-order valence-electron chi connectivity index (χ2n) is 5.09. The smallest absolute Gasteiger partial charge is 0.335 e. The topological polar surface area (TPSA) is 78.4 Å². The Morgan fingerprint density at radius 2 is 2.25 bits per heavy atom. The Morgan fingerprint density at radius 1 is 1.40 bits per heavy atom. The van der Waals surface area contributed by atoms with Crippen LogP contribution < -0.4 is 10.6 Å². The molecule has 2 rings (SSSR count). The van der Waals surface area contributed by atoms with Crippen molar-refractivity contribution >= 4 is 11.9 Å². The van der Waals surface area contributed by atoms with E-state index in [4.69, 9.17) is 5.11 Å². The van der Waals surface area contributed by atoms with Gasteiger partial charge in [-0.25, -0.2) is 4.79 Å². The van der Waals surface area contributed by atoms with E-state index >= 15 is 0 Å². The van der Waals surface area contributed by atoms with Gasteiger partial charge in [0.1, 0.15) is 0 Å². The molecule has 1 fully saturated rings. The number of rotatable bonds is 5. The van der Waals surface area contributed by atoms with Crippen LogP contribution in [0.2, 0.25) is 0 Å². The molecule has 0 unspecified atom stereocenters. The number of nitrogens with one attached hydrogen (secondary N) is 2. The molecule has 0 aromatic heterocycles. The molecule has 1 aliphatic heterocycles. The van der Waals surface area contributed by atoms with Crippen LogP contribution >= 0.6 is 0 Å². The van der Waals surface area contributed by atoms with E-state index in [0.717, 1.165) is 31.5 Å². The van der Waals surface area contributed by atoms with Crippen molar-refractivity contribution in [2.75, 3.05) is 19.6 Å². The number of piperidine rings is 1. The minimum Gasteiger partial charge on any atom is -0.478 e. The molecule has 0 bridgehead atoms. The van der Waals surface area contributed by atoms with Crippen LogP contribution in [-0.4, -0.2) is 36.6 Å². The van der Waals surface area contributed by atoms with Crippen molar-refractivity contribution in [3.63, 3.8) is 0 Å². The average Bonchev–Trinajstić information content (AvgIpc) is 2.48. The Balaban J connectivity index is 1.79. The van der Waals surface area contributed by atoms with Crippen molar-refractivity contribution in [2.45, 2.75) is 19.3 Å². The molecular formula is C15H20N2O3. The van der Waals surface area contributed by atoms with Gasteiger partial charge in [-0.1, -0.05) is 12.1 Å². The van der Waals surface area contributed by atoms with Gasteiger partial charge in [-0.2, -0.15) is 0 Å². The fraction of sp³-hybridized carbons (Fsp3) is 0.467. The van der Waals surface area contributed by atoms with E-state index in [-0.39, 0.29) is 17.4 Å². The van der Waals surface area contributed by atoms with Crippen LogP contribution in [0.1, 0.15) is 28.8 Å². The van der Waals surface area contributed by atoms with Crippen molar-refractivity contribution < 1.29 is 14.7 Å². The summed E-state index contributed by atoms with van der Waals surface area (Å²) in [6, 6.07) is 6.82. The van der Waals surface area contributed by atoms with Gasteiger partial charge in [0.25, 0.3) is 0 Å². The number of benzene rings is 1. The summed E-state index contributed by atoms with van der Waals surface area (Å²) < 4.78 is 0. The Hall–Kier alpha value is -1.88. The molecule has 0 saturated carbocycles. The lowest BCUT2D eigenvalue weighted by atomic mass is 9.99. The van der Waals surface area contributed by atoms with Crippen LogP contribution in [0.4, 0.5) is 0 Å². The number of hydrogen-bond donors (Lipinski definition) is 3. The predicted octanol–water partition coefficient (Wildman–Crippen LogP) is 1.04. The summed E-state index contributed by atoms with van der Waals surface area (Å²) in [4.78, 5) is 22.8. The Bertz CT molecular complexity index is 482. The second kappa shape index (κ2) is 7.05. The summed E-state index contributed by atoms with van der Waals surface area (Å²) in [6.45, 7) is 2.28. The van der Waals surface area contributed by atoms with Gasteiger partial charge in [0.15, 0.2) is 0 Å². The third kappa shape index (κ3) is 4.06. The molecule has 1 aliphatic rings. The maximum atomic E-state index is 11.9. The largest absolute Gasteiger partial charge is 0.478 e. The van der Waals surface area contributed by atoms with Gasteiger partial charge >= 0.3 is 5.97 Å². The second-order valence-corrected chi connectivity index (χ2v) is 5.09. The van der Waals surface area contributed by atoms with Gasteiger partial charge in [-0.3, -0.25) is 4.79 Å². The van der Waals surface area contributed by atoms with Crippen LogP contribution in [0, 0.1) is 5.92 Å². The summed E-state index contributed by atoms with van der Waals surface area (Å²) >= 11 is 0. The van der Waals surface area contributed by atoms with E-state index in [1.54, 1.807) is 18.2 Å². The Morgan fingerprint density at radius 3 is 2.95 bits per heavy atom. The van der Waals surface area contributed by atoms with Gasteiger partial charge < -0.3 is 15.7 Å². The normalized spacial score (nSPS) is 18.5. The first-order valence-electron chi connectivity index (χ1n) is 6.97. The van der Waals surface area contributed by atoms with E-state index in [1.807, 2.05) is 6.07 Å². The minimum atomic E-state index is -0.927. The molecule has 1 aromatic rings. The molecule has 0 spiro atoms. The number of carboxylic acid groups (broad SMARTS) is 1. The first kappa shape index (κ1) is 14.5. The fourth-order valence-electron chi connectivity index (χ4n) is 2.41. The van der Waals surface area contributed by atoms with Crippen LogP contribution in [0.25, 0.3) is 0 Å². The molecule has 1 amide bonds. The van der Waals surface area contributed by atoms with E-state index in [9.17, 15) is 9.59 Å². The van der Waals surface area contributed by atoms with Gasteiger partial charge in [-0.05, 0) is 43.5 Å². The van der Waals surface area contributed by atoms with E-state index in [1.165, 1.54) is 0 Å². The number of hydrogen-bond acceptors (Lipinski definition) is 3. The molecule has 1 aromatic carbocycles. The summed E-state index contributed by atoms with van der Waals surface area (Å²) in [6.07, 6.45) is 2.62. The highest BCUT2D eigenvalue weighted by atomic mass is 16.4. The van der Waals surface area contributed by atoms with Crippen molar-refractivity contribution in [1.29, 1.82) is 0 Å². The molecule has 108 valence electrons. The van der Waals surface area contributed by atoms with Crippen molar-refractivity contribution in [3.05, 3.63) is 35.4 Å². The van der Waals surface area contributed by atoms with E-state index < -0.39 is 5.97 Å². The molecule has 20 heavy (non-hydrogen) atoms. The molecular weight excluding hydrogens is 256 g/mol. The maximum Gasteiger partial charge on any atom is 0.335 e. The van der Waals surface area contributed by atoms with E-state index in [0.29, 0.717) is 13.0 Å². The SMILES string of the molecule is O=C(O)c1cccc(CCNC(=O)[C@@H]2CCCNC2)c1. The number of aromatic carboxylic acids is 1. The highest BCUT2D eigenvalue weighted by Gasteiger charge is 2.20. The van der Waals surface area contributed by atoms with Gasteiger partial charge in [0.2, 0.25) is 5.91 Å². The average molecular weight is 276 g/mol.